The minimum Gasteiger partial charge on any atom is -0.388 e. The van der Waals surface area contributed by atoms with Gasteiger partial charge >= 0.3 is 0 Å². The fraction of sp³-hybridized carbons (Fsp3) is 0.214. The quantitative estimate of drug-likeness (QED) is 0.901. The highest BCUT2D eigenvalue weighted by molar-refractivity contribution is 5.26. The second kappa shape index (κ2) is 5.69. The smallest absolute Gasteiger partial charge is 0.263 e. The molecule has 2 aromatic rings. The highest BCUT2D eigenvalue weighted by atomic mass is 19.3. The van der Waals surface area contributed by atoms with E-state index in [2.05, 4.69) is 4.98 Å². The molecular weight excluding hydrogens is 236 g/mol. The van der Waals surface area contributed by atoms with Crippen molar-refractivity contribution < 1.29 is 13.9 Å². The Kier molecular flexibility index (Phi) is 3.99. The average Bonchev–Trinajstić information content (AvgIpc) is 2.40. The molecule has 0 aliphatic heterocycles. The molecule has 1 heterocycles. The topological polar surface area (TPSA) is 33.1 Å². The van der Waals surface area contributed by atoms with Crippen molar-refractivity contribution in [3.63, 3.8) is 0 Å². The van der Waals surface area contributed by atoms with Crippen LogP contribution in [0.3, 0.4) is 0 Å². The summed E-state index contributed by atoms with van der Waals surface area (Å²) in [6.45, 7) is 0. The summed E-state index contributed by atoms with van der Waals surface area (Å²) in [6, 6.07) is 9.40. The van der Waals surface area contributed by atoms with E-state index >= 15 is 0 Å². The number of aliphatic hydroxyl groups excluding tert-OH is 1. The molecule has 0 bridgehead atoms. The molecule has 1 N–H and O–H groups in total. The molecule has 2 rings (SSSR count). The first-order chi connectivity index (χ1) is 8.66. The lowest BCUT2D eigenvalue weighted by Crippen LogP contribution is -2.02. The van der Waals surface area contributed by atoms with Crippen LogP contribution in [-0.2, 0) is 6.42 Å². The van der Waals surface area contributed by atoms with Crippen molar-refractivity contribution in [2.24, 2.45) is 0 Å². The van der Waals surface area contributed by atoms with E-state index in [1.54, 1.807) is 18.5 Å². The van der Waals surface area contributed by atoms with Crippen LogP contribution >= 0.6 is 0 Å². The Hall–Kier alpha value is -1.81. The van der Waals surface area contributed by atoms with E-state index in [0.29, 0.717) is 12.0 Å². The maximum atomic E-state index is 12.4. The van der Waals surface area contributed by atoms with E-state index < -0.39 is 12.5 Å². The average molecular weight is 249 g/mol. The van der Waals surface area contributed by atoms with Crippen LogP contribution in [0.1, 0.15) is 29.2 Å². The zero-order valence-electron chi connectivity index (χ0n) is 9.63. The van der Waals surface area contributed by atoms with E-state index in [1.807, 2.05) is 6.07 Å². The first-order valence-corrected chi connectivity index (χ1v) is 5.62. The molecule has 0 saturated carbocycles. The molecular formula is C14H13F2NO. The Morgan fingerprint density at radius 1 is 1.06 bits per heavy atom. The van der Waals surface area contributed by atoms with Gasteiger partial charge in [-0.05, 0) is 17.2 Å². The minimum atomic E-state index is -2.48. The molecule has 1 unspecified atom stereocenters. The molecule has 4 heteroatoms. The molecule has 0 saturated heterocycles. The predicted molar refractivity (Wildman–Crippen MR) is 64.3 cm³/mol. The van der Waals surface area contributed by atoms with Gasteiger partial charge in [-0.1, -0.05) is 30.3 Å². The summed E-state index contributed by atoms with van der Waals surface area (Å²) >= 11 is 0. The third-order valence-corrected chi connectivity index (χ3v) is 2.73. The Bertz CT molecular complexity index is 485. The number of halogens is 2. The van der Waals surface area contributed by atoms with E-state index in [0.717, 1.165) is 5.56 Å². The van der Waals surface area contributed by atoms with Crippen LogP contribution in [0.5, 0.6) is 0 Å². The van der Waals surface area contributed by atoms with Crippen molar-refractivity contribution in [2.45, 2.75) is 19.0 Å². The Labute approximate surface area is 104 Å². The third kappa shape index (κ3) is 3.11. The Morgan fingerprint density at radius 2 is 1.72 bits per heavy atom. The summed E-state index contributed by atoms with van der Waals surface area (Å²) in [4.78, 5) is 3.96. The molecule has 0 aliphatic rings. The van der Waals surface area contributed by atoms with Crippen molar-refractivity contribution >= 4 is 0 Å². The van der Waals surface area contributed by atoms with Gasteiger partial charge in [-0.15, -0.1) is 0 Å². The van der Waals surface area contributed by atoms with Gasteiger partial charge < -0.3 is 5.11 Å². The predicted octanol–water partition coefficient (Wildman–Crippen LogP) is 3.30. The number of rotatable bonds is 4. The Balaban J connectivity index is 2.07. The highest BCUT2D eigenvalue weighted by Gasteiger charge is 2.11. The van der Waals surface area contributed by atoms with Gasteiger partial charge in [-0.3, -0.25) is 4.98 Å². The lowest BCUT2D eigenvalue weighted by molar-refractivity contribution is 0.151. The normalized spacial score (nSPS) is 12.7. The summed E-state index contributed by atoms with van der Waals surface area (Å²) in [7, 11) is 0. The zero-order chi connectivity index (χ0) is 13.0. The van der Waals surface area contributed by atoms with Crippen LogP contribution in [0.2, 0.25) is 0 Å². The van der Waals surface area contributed by atoms with E-state index in [4.69, 9.17) is 0 Å². The lowest BCUT2D eigenvalue weighted by Gasteiger charge is -2.11. The molecule has 0 fully saturated rings. The number of benzene rings is 1. The summed E-state index contributed by atoms with van der Waals surface area (Å²) < 4.78 is 24.8. The second-order valence-electron chi connectivity index (χ2n) is 4.05. The second-order valence-corrected chi connectivity index (χ2v) is 4.05. The van der Waals surface area contributed by atoms with E-state index in [-0.39, 0.29) is 5.56 Å². The van der Waals surface area contributed by atoms with Crippen molar-refractivity contribution in [2.75, 3.05) is 0 Å². The number of aromatic nitrogens is 1. The Morgan fingerprint density at radius 3 is 2.28 bits per heavy atom. The van der Waals surface area contributed by atoms with Gasteiger partial charge in [0, 0.05) is 24.4 Å². The molecule has 2 nitrogen and oxygen atoms in total. The van der Waals surface area contributed by atoms with Crippen molar-refractivity contribution in [3.05, 3.63) is 65.5 Å². The number of hydrogen-bond acceptors (Lipinski definition) is 2. The third-order valence-electron chi connectivity index (χ3n) is 2.73. The summed E-state index contributed by atoms with van der Waals surface area (Å²) in [6.07, 6.45) is 0.571. The standard InChI is InChI=1S/C14H13F2NO/c15-14(16)12-5-3-11(4-6-12)13(18)8-10-2-1-7-17-9-10/h1-7,9,13-14,18H,8H2. The van der Waals surface area contributed by atoms with Gasteiger partial charge in [0.2, 0.25) is 0 Å². The van der Waals surface area contributed by atoms with Crippen molar-refractivity contribution in [3.8, 4) is 0 Å². The first-order valence-electron chi connectivity index (χ1n) is 5.62. The molecule has 0 aliphatic carbocycles. The van der Waals surface area contributed by atoms with Crippen molar-refractivity contribution in [1.29, 1.82) is 0 Å². The molecule has 0 amide bonds. The number of pyridine rings is 1. The van der Waals surface area contributed by atoms with Gasteiger partial charge in [-0.25, -0.2) is 8.78 Å². The van der Waals surface area contributed by atoms with E-state index in [1.165, 1.54) is 24.3 Å². The molecule has 0 spiro atoms. The summed E-state index contributed by atoms with van der Waals surface area (Å²) in [5, 5.41) is 9.99. The van der Waals surface area contributed by atoms with Crippen LogP contribution in [-0.4, -0.2) is 10.1 Å². The molecule has 1 atom stereocenters. The number of alkyl halides is 2. The monoisotopic (exact) mass is 249 g/mol. The van der Waals surface area contributed by atoms with Gasteiger partial charge in [0.25, 0.3) is 6.43 Å². The summed E-state index contributed by atoms with van der Waals surface area (Å²) in [5.41, 5.74) is 1.50. The SMILES string of the molecule is OC(Cc1cccnc1)c1ccc(C(F)F)cc1. The zero-order valence-corrected chi connectivity index (χ0v) is 9.63. The minimum absolute atomic E-state index is 0.0349. The van der Waals surface area contributed by atoms with Crippen molar-refractivity contribution in [1.82, 2.24) is 4.98 Å². The van der Waals surface area contributed by atoms with Crippen LogP contribution in [0, 0.1) is 0 Å². The molecule has 18 heavy (non-hydrogen) atoms. The van der Waals surface area contributed by atoms with Crippen LogP contribution in [0.15, 0.2) is 48.8 Å². The largest absolute Gasteiger partial charge is 0.388 e. The highest BCUT2D eigenvalue weighted by Crippen LogP contribution is 2.22. The number of hydrogen-bond donors (Lipinski definition) is 1. The van der Waals surface area contributed by atoms with Gasteiger partial charge in [0.15, 0.2) is 0 Å². The summed E-state index contributed by atoms with van der Waals surface area (Å²) in [5.74, 6) is 0. The van der Waals surface area contributed by atoms with Crippen LogP contribution in [0.4, 0.5) is 8.78 Å². The number of aliphatic hydroxyl groups is 1. The first kappa shape index (κ1) is 12.6. The molecule has 1 aromatic heterocycles. The van der Waals surface area contributed by atoms with E-state index in [9.17, 15) is 13.9 Å². The molecule has 0 radical (unpaired) electrons. The van der Waals surface area contributed by atoms with Gasteiger partial charge in [-0.2, -0.15) is 0 Å². The maximum absolute atomic E-state index is 12.4. The number of nitrogens with zero attached hydrogens (tertiary/aromatic N) is 1. The molecule has 1 aromatic carbocycles. The van der Waals surface area contributed by atoms with Gasteiger partial charge in [0.05, 0.1) is 6.10 Å². The fourth-order valence-electron chi connectivity index (χ4n) is 1.72. The van der Waals surface area contributed by atoms with Gasteiger partial charge in [0.1, 0.15) is 0 Å². The molecule has 94 valence electrons. The maximum Gasteiger partial charge on any atom is 0.263 e. The van der Waals surface area contributed by atoms with Crippen LogP contribution in [0.25, 0.3) is 0 Å². The lowest BCUT2D eigenvalue weighted by atomic mass is 10.0. The van der Waals surface area contributed by atoms with Crippen LogP contribution < -0.4 is 0 Å². The fourth-order valence-corrected chi connectivity index (χ4v) is 1.72.